The van der Waals surface area contributed by atoms with Gasteiger partial charge in [-0.2, -0.15) is 5.10 Å². The highest BCUT2D eigenvalue weighted by Gasteiger charge is 2.13. The van der Waals surface area contributed by atoms with E-state index in [1.165, 1.54) is 0 Å². The third-order valence-corrected chi connectivity index (χ3v) is 5.75. The van der Waals surface area contributed by atoms with Crippen LogP contribution in [0.4, 0.5) is 0 Å². The van der Waals surface area contributed by atoms with Crippen LogP contribution in [-0.4, -0.2) is 24.2 Å². The van der Waals surface area contributed by atoms with Gasteiger partial charge in [-0.15, -0.1) is 16.4 Å². The second-order valence-corrected chi connectivity index (χ2v) is 7.83. The van der Waals surface area contributed by atoms with Gasteiger partial charge in [0.1, 0.15) is 5.75 Å². The molecule has 32 heavy (non-hydrogen) atoms. The molecule has 0 atom stereocenters. The predicted octanol–water partition coefficient (Wildman–Crippen LogP) is 5.27. The van der Waals surface area contributed by atoms with E-state index in [-0.39, 0.29) is 6.79 Å². The summed E-state index contributed by atoms with van der Waals surface area (Å²) in [7, 11) is 0. The van der Waals surface area contributed by atoms with E-state index >= 15 is 0 Å². The van der Waals surface area contributed by atoms with Gasteiger partial charge >= 0.3 is 0 Å². The van der Waals surface area contributed by atoms with Crippen molar-refractivity contribution in [1.29, 1.82) is 0 Å². The Morgan fingerprint density at radius 3 is 2.62 bits per heavy atom. The Balaban J connectivity index is 1.52. The predicted molar refractivity (Wildman–Crippen MR) is 126 cm³/mol. The van der Waals surface area contributed by atoms with Crippen molar-refractivity contribution in [1.82, 2.24) is 4.57 Å². The Kier molecular flexibility index (Phi) is 5.72. The largest absolute Gasteiger partial charge is 0.494 e. The minimum atomic E-state index is 0.251. The monoisotopic (exact) mass is 443 g/mol. The molecule has 0 unspecified atom stereocenters. The zero-order chi connectivity index (χ0) is 21.8. The summed E-state index contributed by atoms with van der Waals surface area (Å²) in [5, 5.41) is 11.0. The molecule has 0 amide bonds. The van der Waals surface area contributed by atoms with Gasteiger partial charge in [0.2, 0.25) is 11.6 Å². The van der Waals surface area contributed by atoms with Gasteiger partial charge in [0.25, 0.3) is 0 Å². The molecule has 0 aliphatic carbocycles. The van der Waals surface area contributed by atoms with Gasteiger partial charge in [0.15, 0.2) is 11.5 Å². The number of para-hydroxylation sites is 1. The third-order valence-electron chi connectivity index (χ3n) is 4.93. The molecule has 2 heterocycles. The number of benzene rings is 3. The zero-order valence-electron chi connectivity index (χ0n) is 17.5. The molecule has 6 nitrogen and oxygen atoms in total. The number of hydrogen-bond donors (Lipinski definition) is 0. The molecule has 0 radical (unpaired) electrons. The van der Waals surface area contributed by atoms with E-state index in [0.717, 1.165) is 44.6 Å². The van der Waals surface area contributed by atoms with Gasteiger partial charge in [-0.1, -0.05) is 18.2 Å². The van der Waals surface area contributed by atoms with Crippen molar-refractivity contribution in [3.8, 4) is 34.2 Å². The molecule has 0 saturated carbocycles. The molecule has 0 fully saturated rings. The number of hydrogen-bond acceptors (Lipinski definition) is 6. The Morgan fingerprint density at radius 1 is 1.00 bits per heavy atom. The number of aromatic nitrogens is 1. The van der Waals surface area contributed by atoms with E-state index in [1.54, 1.807) is 17.6 Å². The molecule has 1 aromatic heterocycles. The highest BCUT2D eigenvalue weighted by atomic mass is 32.1. The normalized spacial score (nSPS) is 13.1. The molecule has 1 aliphatic heterocycles. The minimum Gasteiger partial charge on any atom is -0.494 e. The average molecular weight is 444 g/mol. The maximum Gasteiger partial charge on any atom is 0.231 e. The highest BCUT2D eigenvalue weighted by Crippen LogP contribution is 2.32. The molecule has 160 valence electrons. The summed E-state index contributed by atoms with van der Waals surface area (Å²) in [5.41, 5.74) is 4.04. The number of fused-ring (bicyclic) bond motifs is 1. The van der Waals surface area contributed by atoms with Crippen LogP contribution in [0.3, 0.4) is 0 Å². The summed E-state index contributed by atoms with van der Waals surface area (Å²) in [6, 6.07) is 24.0. The van der Waals surface area contributed by atoms with Crippen LogP contribution in [0, 0.1) is 0 Å². The molecule has 4 aromatic rings. The first kappa shape index (κ1) is 20.1. The van der Waals surface area contributed by atoms with Crippen LogP contribution in [0.2, 0.25) is 0 Å². The molecule has 3 aromatic carbocycles. The number of ether oxygens (including phenoxy) is 3. The van der Waals surface area contributed by atoms with Crippen LogP contribution in [0.15, 0.2) is 88.4 Å². The van der Waals surface area contributed by atoms with Crippen molar-refractivity contribution >= 4 is 17.6 Å². The summed E-state index contributed by atoms with van der Waals surface area (Å²) in [5.74, 6) is 2.33. The maximum atomic E-state index is 5.58. The first-order valence-electron chi connectivity index (χ1n) is 10.3. The molecular weight excluding hydrogens is 422 g/mol. The topological polar surface area (TPSA) is 57.3 Å². The standard InChI is InChI=1S/C25H21N3O3S/c1-2-29-21-11-9-19(10-12-21)22-16-32-25(28(22)20-6-4-3-5-7-20)27-26-15-18-8-13-23-24(14-18)31-17-30-23/h3-16H,2,17H2,1H3/b26-15-,27-25+. The molecular formula is C25H21N3O3S. The lowest BCUT2D eigenvalue weighted by atomic mass is 10.1. The lowest BCUT2D eigenvalue weighted by molar-refractivity contribution is 0.174. The Morgan fingerprint density at radius 2 is 1.81 bits per heavy atom. The average Bonchev–Trinajstić information content (AvgIpc) is 3.47. The third kappa shape index (κ3) is 4.15. The summed E-state index contributed by atoms with van der Waals surface area (Å²) in [4.78, 5) is 0.775. The summed E-state index contributed by atoms with van der Waals surface area (Å²) in [6.45, 7) is 2.88. The summed E-state index contributed by atoms with van der Waals surface area (Å²) < 4.78 is 18.5. The SMILES string of the molecule is CCOc1ccc(-c2cs/c(=N/N=C\c3ccc4c(c3)OCO4)n2-c2ccccc2)cc1. The molecule has 0 N–H and O–H groups in total. The van der Waals surface area contributed by atoms with Crippen molar-refractivity contribution in [3.63, 3.8) is 0 Å². The van der Waals surface area contributed by atoms with E-state index in [4.69, 9.17) is 14.2 Å². The number of thiazole rings is 1. The Labute approximate surface area is 189 Å². The van der Waals surface area contributed by atoms with Crippen molar-refractivity contribution in [2.24, 2.45) is 10.2 Å². The van der Waals surface area contributed by atoms with E-state index in [2.05, 4.69) is 44.4 Å². The lowest BCUT2D eigenvalue weighted by Gasteiger charge is -2.10. The van der Waals surface area contributed by atoms with E-state index < -0.39 is 0 Å². The Bertz CT molecular complexity index is 1310. The highest BCUT2D eigenvalue weighted by molar-refractivity contribution is 7.07. The Hall–Kier alpha value is -3.84. The van der Waals surface area contributed by atoms with Crippen LogP contribution in [-0.2, 0) is 0 Å². The van der Waals surface area contributed by atoms with Gasteiger partial charge in [0, 0.05) is 11.1 Å². The van der Waals surface area contributed by atoms with Crippen molar-refractivity contribution in [3.05, 3.63) is 88.5 Å². The van der Waals surface area contributed by atoms with Crippen molar-refractivity contribution < 1.29 is 14.2 Å². The van der Waals surface area contributed by atoms with Gasteiger partial charge in [0.05, 0.1) is 18.5 Å². The van der Waals surface area contributed by atoms with Gasteiger partial charge in [-0.3, -0.25) is 4.57 Å². The van der Waals surface area contributed by atoms with E-state index in [1.807, 2.05) is 55.5 Å². The van der Waals surface area contributed by atoms with Crippen molar-refractivity contribution in [2.75, 3.05) is 13.4 Å². The van der Waals surface area contributed by atoms with Gasteiger partial charge in [-0.05, 0) is 72.6 Å². The van der Waals surface area contributed by atoms with Crippen LogP contribution in [0.25, 0.3) is 16.9 Å². The van der Waals surface area contributed by atoms with Crippen LogP contribution >= 0.6 is 11.3 Å². The minimum absolute atomic E-state index is 0.251. The van der Waals surface area contributed by atoms with E-state index in [0.29, 0.717) is 6.61 Å². The van der Waals surface area contributed by atoms with Crippen molar-refractivity contribution in [2.45, 2.75) is 6.92 Å². The zero-order valence-corrected chi connectivity index (χ0v) is 18.3. The van der Waals surface area contributed by atoms with Crippen LogP contribution in [0.5, 0.6) is 17.2 Å². The maximum absolute atomic E-state index is 5.58. The second kappa shape index (κ2) is 9.11. The fraction of sp³-hybridized carbons (Fsp3) is 0.120. The quantitative estimate of drug-likeness (QED) is 0.301. The smallest absolute Gasteiger partial charge is 0.231 e. The van der Waals surface area contributed by atoms with E-state index in [9.17, 15) is 0 Å². The number of nitrogens with zero attached hydrogens (tertiary/aromatic N) is 3. The molecule has 0 spiro atoms. The van der Waals surface area contributed by atoms with Gasteiger partial charge < -0.3 is 14.2 Å². The summed E-state index contributed by atoms with van der Waals surface area (Å²) >= 11 is 1.54. The molecule has 0 bridgehead atoms. The lowest BCUT2D eigenvalue weighted by Crippen LogP contribution is -2.13. The second-order valence-electron chi connectivity index (χ2n) is 6.99. The molecule has 7 heteroatoms. The number of rotatable bonds is 6. The first-order valence-corrected chi connectivity index (χ1v) is 11.2. The molecule has 0 saturated heterocycles. The summed E-state index contributed by atoms with van der Waals surface area (Å²) in [6.07, 6.45) is 1.72. The van der Waals surface area contributed by atoms with Crippen LogP contribution < -0.4 is 19.0 Å². The fourth-order valence-corrected chi connectivity index (χ4v) is 4.30. The molecule has 5 rings (SSSR count). The van der Waals surface area contributed by atoms with Gasteiger partial charge in [-0.25, -0.2) is 0 Å². The first-order chi connectivity index (χ1) is 15.8. The van der Waals surface area contributed by atoms with Crippen LogP contribution in [0.1, 0.15) is 12.5 Å². The fourth-order valence-electron chi connectivity index (χ4n) is 3.44. The molecule has 1 aliphatic rings.